The van der Waals surface area contributed by atoms with Crippen LogP contribution in [0.25, 0.3) is 0 Å². The molecule has 0 aromatic heterocycles. The van der Waals surface area contributed by atoms with Crippen LogP contribution in [0.5, 0.6) is 0 Å². The number of hydrogen-bond donors (Lipinski definition) is 3. The number of unbranched alkanes of at least 4 members (excludes halogenated alkanes) is 48. The Morgan fingerprint density at radius 3 is 0.673 bits per heavy atom. The van der Waals surface area contributed by atoms with Gasteiger partial charge in [-0.2, -0.15) is 0 Å². The first-order chi connectivity index (χ1) is 48.7. The number of aliphatic hydroxyl groups excluding tert-OH is 1. The Morgan fingerprint density at radius 1 is 0.267 bits per heavy atom. The summed E-state index contributed by atoms with van der Waals surface area (Å²) in [7, 11) is -9.92. The van der Waals surface area contributed by atoms with Crippen LogP contribution >= 0.6 is 15.6 Å². The quantitative estimate of drug-likeness (QED) is 0.0222. The van der Waals surface area contributed by atoms with Crippen LogP contribution in [0, 0.1) is 17.8 Å². The summed E-state index contributed by atoms with van der Waals surface area (Å²) in [5.74, 6) is 0.144. The number of phosphoric acid groups is 2. The van der Waals surface area contributed by atoms with E-state index in [2.05, 4.69) is 48.5 Å². The largest absolute Gasteiger partial charge is 0.472 e. The van der Waals surface area contributed by atoms with Gasteiger partial charge in [0.1, 0.15) is 19.3 Å². The van der Waals surface area contributed by atoms with Gasteiger partial charge in [0.05, 0.1) is 26.4 Å². The molecule has 0 amide bonds. The van der Waals surface area contributed by atoms with Gasteiger partial charge in [-0.05, 0) is 43.4 Å². The van der Waals surface area contributed by atoms with Gasteiger partial charge in [0.2, 0.25) is 0 Å². The monoisotopic (exact) mass is 1480 g/mol. The standard InChI is InChI=1S/C82H160O17P2/c1-8-9-10-11-12-13-14-15-16-17-18-19-20-25-28-31-34-44-51-58-65-81(86)98-77(69-92-79(84)63-56-49-42-33-30-27-24-22-21-23-26-29-32-39-46-53-60-73(2)3)71-96-100(88,89)94-67-76(83)68-95-101(90,91)97-72-78(99-82(87)66-59-52-45-38-36-41-48-55-62-75(6)7)70-93-80(85)64-57-50-43-37-35-40-47-54-61-74(4)5/h73-78,83H,8-72H2,1-7H3,(H,88,89)(H,90,91)/t76-,77-,78-/m1/s1. The molecule has 17 nitrogen and oxygen atoms in total. The van der Waals surface area contributed by atoms with E-state index in [-0.39, 0.29) is 25.7 Å². The van der Waals surface area contributed by atoms with Gasteiger partial charge in [0, 0.05) is 25.7 Å². The minimum Gasteiger partial charge on any atom is -0.462 e. The zero-order chi connectivity index (χ0) is 74.4. The Bertz CT molecular complexity index is 1960. The smallest absolute Gasteiger partial charge is 0.462 e. The third-order valence-corrected chi connectivity index (χ3v) is 21.0. The second-order valence-corrected chi connectivity index (χ2v) is 33.8. The first-order valence-electron chi connectivity index (χ1n) is 42.3. The van der Waals surface area contributed by atoms with Gasteiger partial charge in [-0.1, -0.05) is 376 Å². The maximum absolute atomic E-state index is 13.1. The predicted molar refractivity (Wildman–Crippen MR) is 414 cm³/mol. The highest BCUT2D eigenvalue weighted by atomic mass is 31.2. The van der Waals surface area contributed by atoms with Crippen molar-refractivity contribution in [3.05, 3.63) is 0 Å². The molecule has 0 bridgehead atoms. The van der Waals surface area contributed by atoms with Crippen molar-refractivity contribution in [1.82, 2.24) is 0 Å². The summed E-state index contributed by atoms with van der Waals surface area (Å²) in [6.07, 6.45) is 61.3. The molecule has 0 saturated carbocycles. The molecule has 19 heteroatoms. The molecule has 0 aromatic carbocycles. The highest BCUT2D eigenvalue weighted by molar-refractivity contribution is 7.47. The Balaban J connectivity index is 5.22. The molecule has 0 fully saturated rings. The van der Waals surface area contributed by atoms with E-state index < -0.39 is 97.5 Å². The molecule has 3 N–H and O–H groups in total. The molecular formula is C82H160O17P2. The molecular weight excluding hydrogens is 1320 g/mol. The summed E-state index contributed by atoms with van der Waals surface area (Å²) in [5.41, 5.74) is 0. The van der Waals surface area contributed by atoms with E-state index in [0.717, 1.165) is 108 Å². The fraction of sp³-hybridized carbons (Fsp3) is 0.951. The molecule has 0 saturated heterocycles. The highest BCUT2D eigenvalue weighted by Gasteiger charge is 2.30. The van der Waals surface area contributed by atoms with Crippen LogP contribution in [0.4, 0.5) is 0 Å². The maximum atomic E-state index is 13.1. The van der Waals surface area contributed by atoms with Crippen LogP contribution in [0.2, 0.25) is 0 Å². The van der Waals surface area contributed by atoms with Gasteiger partial charge >= 0.3 is 39.5 Å². The van der Waals surface area contributed by atoms with Crippen molar-refractivity contribution in [2.45, 2.75) is 446 Å². The second kappa shape index (κ2) is 72.3. The van der Waals surface area contributed by atoms with E-state index in [0.29, 0.717) is 25.7 Å². The van der Waals surface area contributed by atoms with Crippen molar-refractivity contribution in [1.29, 1.82) is 0 Å². The van der Waals surface area contributed by atoms with E-state index in [9.17, 15) is 43.2 Å². The van der Waals surface area contributed by atoms with Crippen molar-refractivity contribution in [2.24, 2.45) is 17.8 Å². The summed E-state index contributed by atoms with van der Waals surface area (Å²) in [6.45, 7) is 11.9. The topological polar surface area (TPSA) is 237 Å². The lowest BCUT2D eigenvalue weighted by Gasteiger charge is -2.21. The van der Waals surface area contributed by atoms with Crippen LogP contribution in [-0.2, 0) is 65.4 Å². The number of rotatable bonds is 80. The van der Waals surface area contributed by atoms with Gasteiger partial charge < -0.3 is 33.8 Å². The number of aliphatic hydroxyl groups is 1. The Labute approximate surface area is 619 Å². The fourth-order valence-electron chi connectivity index (χ4n) is 12.7. The van der Waals surface area contributed by atoms with Crippen LogP contribution in [0.15, 0.2) is 0 Å². The lowest BCUT2D eigenvalue weighted by atomic mass is 10.0. The number of carbonyl (C=O) groups is 4. The molecule has 0 aromatic rings. The van der Waals surface area contributed by atoms with E-state index in [1.807, 2.05) is 0 Å². The van der Waals surface area contributed by atoms with Crippen LogP contribution < -0.4 is 0 Å². The number of carbonyl (C=O) groups excluding carboxylic acids is 4. The average molecular weight is 1480 g/mol. The normalized spacial score (nSPS) is 14.0. The van der Waals surface area contributed by atoms with E-state index in [4.69, 9.17) is 37.0 Å². The summed E-state index contributed by atoms with van der Waals surface area (Å²) in [5, 5.41) is 10.6. The minimum atomic E-state index is -4.96. The summed E-state index contributed by atoms with van der Waals surface area (Å²) in [4.78, 5) is 73.0. The molecule has 0 spiro atoms. The second-order valence-electron chi connectivity index (χ2n) is 30.9. The van der Waals surface area contributed by atoms with Crippen LogP contribution in [-0.4, -0.2) is 96.7 Å². The first-order valence-corrected chi connectivity index (χ1v) is 45.3. The van der Waals surface area contributed by atoms with E-state index in [1.165, 1.54) is 238 Å². The summed E-state index contributed by atoms with van der Waals surface area (Å²) >= 11 is 0. The lowest BCUT2D eigenvalue weighted by Crippen LogP contribution is -2.30. The van der Waals surface area contributed by atoms with E-state index >= 15 is 0 Å². The first kappa shape index (κ1) is 99.1. The number of esters is 4. The lowest BCUT2D eigenvalue weighted by molar-refractivity contribution is -0.161. The van der Waals surface area contributed by atoms with Gasteiger partial charge in [-0.25, -0.2) is 9.13 Å². The Hall–Kier alpha value is -1.94. The molecule has 2 unspecified atom stereocenters. The molecule has 5 atom stereocenters. The fourth-order valence-corrected chi connectivity index (χ4v) is 14.2. The number of hydrogen-bond acceptors (Lipinski definition) is 15. The molecule has 101 heavy (non-hydrogen) atoms. The zero-order valence-electron chi connectivity index (χ0n) is 66.4. The molecule has 0 radical (unpaired) electrons. The van der Waals surface area contributed by atoms with Crippen molar-refractivity contribution in [3.8, 4) is 0 Å². The van der Waals surface area contributed by atoms with Crippen molar-refractivity contribution < 1.29 is 80.2 Å². The Kier molecular flexibility index (Phi) is 70.9. The molecule has 0 aliphatic rings. The Morgan fingerprint density at radius 2 is 0.455 bits per heavy atom. The predicted octanol–water partition coefficient (Wildman–Crippen LogP) is 24.5. The van der Waals surface area contributed by atoms with Crippen molar-refractivity contribution >= 4 is 39.5 Å². The third kappa shape index (κ3) is 76.1. The van der Waals surface area contributed by atoms with Gasteiger partial charge in [-0.15, -0.1) is 0 Å². The van der Waals surface area contributed by atoms with Gasteiger partial charge in [0.25, 0.3) is 0 Å². The summed E-state index contributed by atoms with van der Waals surface area (Å²) in [6, 6.07) is 0. The van der Waals surface area contributed by atoms with Gasteiger partial charge in [0.15, 0.2) is 12.2 Å². The summed E-state index contributed by atoms with van der Waals surface area (Å²) < 4.78 is 68.7. The molecule has 0 heterocycles. The van der Waals surface area contributed by atoms with Crippen LogP contribution in [0.1, 0.15) is 427 Å². The van der Waals surface area contributed by atoms with Crippen molar-refractivity contribution in [2.75, 3.05) is 39.6 Å². The van der Waals surface area contributed by atoms with E-state index in [1.54, 1.807) is 0 Å². The molecule has 0 aliphatic heterocycles. The third-order valence-electron chi connectivity index (χ3n) is 19.1. The number of phosphoric ester groups is 2. The number of ether oxygens (including phenoxy) is 4. The molecule has 0 rings (SSSR count). The SMILES string of the molecule is CCCCCCCCCCCCCCCCCCCCCCC(=O)O[C@H](COC(=O)CCCCCCCCCCCCCCCCCCC(C)C)COP(=O)(O)OC[C@@H](O)COP(=O)(O)OC[C@@H](COC(=O)CCCCCCCCCCC(C)C)OC(=O)CCCCCCCCCCC(C)C. The average Bonchev–Trinajstić information content (AvgIpc) is 0.932. The highest BCUT2D eigenvalue weighted by Crippen LogP contribution is 2.45. The van der Waals surface area contributed by atoms with Gasteiger partial charge in [-0.3, -0.25) is 37.3 Å². The van der Waals surface area contributed by atoms with Crippen molar-refractivity contribution in [3.63, 3.8) is 0 Å². The zero-order valence-corrected chi connectivity index (χ0v) is 68.2. The maximum Gasteiger partial charge on any atom is 0.472 e. The van der Waals surface area contributed by atoms with Crippen LogP contribution in [0.3, 0.4) is 0 Å². The minimum absolute atomic E-state index is 0.104. The molecule has 0 aliphatic carbocycles. The molecule has 600 valence electrons.